The quantitative estimate of drug-likeness (QED) is 0.776. The van der Waals surface area contributed by atoms with E-state index in [1.165, 1.54) is 12.1 Å². The predicted octanol–water partition coefficient (Wildman–Crippen LogP) is 4.04. The van der Waals surface area contributed by atoms with Crippen LogP contribution in [0.15, 0.2) is 24.3 Å². The first kappa shape index (κ1) is 20.3. The van der Waals surface area contributed by atoms with Crippen LogP contribution in [-0.4, -0.2) is 53.7 Å². The van der Waals surface area contributed by atoms with Gasteiger partial charge < -0.3 is 19.9 Å². The molecule has 2 atom stereocenters. The molecule has 2 heterocycles. The lowest BCUT2D eigenvalue weighted by atomic mass is 10.0. The number of benzene rings is 1. The first-order chi connectivity index (χ1) is 12.9. The van der Waals surface area contributed by atoms with Gasteiger partial charge in [0.05, 0.1) is 5.56 Å². The highest BCUT2D eigenvalue weighted by molar-refractivity contribution is 5.89. The van der Waals surface area contributed by atoms with Gasteiger partial charge in [-0.2, -0.15) is 13.2 Å². The third-order valence-electron chi connectivity index (χ3n) is 4.89. The molecule has 1 N–H and O–H groups in total. The molecule has 3 rings (SSSR count). The Hall–Kier alpha value is -2.45. The van der Waals surface area contributed by atoms with Crippen LogP contribution in [0.3, 0.4) is 0 Å². The zero-order valence-electron chi connectivity index (χ0n) is 16.0. The van der Waals surface area contributed by atoms with E-state index in [4.69, 9.17) is 4.74 Å². The molecule has 1 aromatic carbocycles. The Balaban J connectivity index is 1.52. The number of urea groups is 1. The molecule has 6 nitrogen and oxygen atoms in total. The van der Waals surface area contributed by atoms with E-state index in [2.05, 4.69) is 5.32 Å². The van der Waals surface area contributed by atoms with Gasteiger partial charge in [-0.1, -0.05) is 0 Å². The summed E-state index contributed by atoms with van der Waals surface area (Å²) >= 11 is 0. The van der Waals surface area contributed by atoms with E-state index in [-0.39, 0.29) is 24.0 Å². The summed E-state index contributed by atoms with van der Waals surface area (Å²) in [5, 5.41) is 2.63. The monoisotopic (exact) mass is 399 g/mol. The number of nitrogens with zero attached hydrogens (tertiary/aromatic N) is 2. The molecule has 0 aliphatic carbocycles. The van der Waals surface area contributed by atoms with E-state index in [9.17, 15) is 22.8 Å². The van der Waals surface area contributed by atoms with Crippen LogP contribution in [0.25, 0.3) is 0 Å². The standard InChI is InChI=1S/C19H24F3N3O3/c1-18(2,3)28-17(27)25-10-12-8-24(9-13(12)11-25)16(26)23-15-6-4-14(5-7-15)19(20,21)22/h4-7,12-13H,8-11H2,1-3H3,(H,23,26)/t12-,13?/m1/s1. The summed E-state index contributed by atoms with van der Waals surface area (Å²) in [4.78, 5) is 27.9. The van der Waals surface area contributed by atoms with Crippen molar-refractivity contribution in [3.8, 4) is 0 Å². The van der Waals surface area contributed by atoms with Crippen molar-refractivity contribution < 1.29 is 27.5 Å². The van der Waals surface area contributed by atoms with E-state index < -0.39 is 17.3 Å². The van der Waals surface area contributed by atoms with Crippen molar-refractivity contribution in [1.82, 2.24) is 9.80 Å². The minimum Gasteiger partial charge on any atom is -0.444 e. The summed E-state index contributed by atoms with van der Waals surface area (Å²) in [6, 6.07) is 4.00. The van der Waals surface area contributed by atoms with Crippen LogP contribution in [-0.2, 0) is 10.9 Å². The molecule has 2 saturated heterocycles. The number of alkyl halides is 3. The van der Waals surface area contributed by atoms with Crippen molar-refractivity contribution >= 4 is 17.8 Å². The normalized spacial score (nSPS) is 22.2. The highest BCUT2D eigenvalue weighted by Crippen LogP contribution is 2.33. The topological polar surface area (TPSA) is 61.9 Å². The fraction of sp³-hybridized carbons (Fsp3) is 0.579. The Morgan fingerprint density at radius 1 is 0.964 bits per heavy atom. The van der Waals surface area contributed by atoms with Crippen LogP contribution < -0.4 is 5.32 Å². The molecule has 3 amide bonds. The molecule has 2 aliphatic rings. The number of halogens is 3. The summed E-state index contributed by atoms with van der Waals surface area (Å²) in [5.41, 5.74) is -1.00. The third kappa shape index (κ3) is 4.69. The summed E-state index contributed by atoms with van der Waals surface area (Å²) in [6.45, 7) is 7.50. The van der Waals surface area contributed by atoms with Crippen molar-refractivity contribution in [2.75, 3.05) is 31.5 Å². The molecule has 0 radical (unpaired) electrons. The molecular weight excluding hydrogens is 375 g/mol. The molecule has 2 aliphatic heterocycles. The van der Waals surface area contributed by atoms with Gasteiger partial charge in [0, 0.05) is 43.7 Å². The van der Waals surface area contributed by atoms with Crippen LogP contribution in [0.2, 0.25) is 0 Å². The van der Waals surface area contributed by atoms with Crippen molar-refractivity contribution in [3.05, 3.63) is 29.8 Å². The van der Waals surface area contributed by atoms with Crippen molar-refractivity contribution in [3.63, 3.8) is 0 Å². The first-order valence-corrected chi connectivity index (χ1v) is 9.13. The molecule has 2 fully saturated rings. The Morgan fingerprint density at radius 3 is 1.93 bits per heavy atom. The van der Waals surface area contributed by atoms with Crippen molar-refractivity contribution in [2.24, 2.45) is 11.8 Å². The zero-order valence-corrected chi connectivity index (χ0v) is 16.0. The maximum Gasteiger partial charge on any atom is 0.416 e. The summed E-state index contributed by atoms with van der Waals surface area (Å²) < 4.78 is 43.2. The van der Waals surface area contributed by atoms with Gasteiger partial charge in [0.2, 0.25) is 0 Å². The molecule has 0 saturated carbocycles. The molecule has 0 aromatic heterocycles. The molecule has 1 unspecified atom stereocenters. The maximum atomic E-state index is 12.6. The Morgan fingerprint density at radius 2 is 1.46 bits per heavy atom. The molecule has 28 heavy (non-hydrogen) atoms. The van der Waals surface area contributed by atoms with Crippen LogP contribution in [0.1, 0.15) is 26.3 Å². The maximum absolute atomic E-state index is 12.6. The Labute approximate surface area is 161 Å². The van der Waals surface area contributed by atoms with E-state index in [1.54, 1.807) is 9.80 Å². The largest absolute Gasteiger partial charge is 0.444 e. The van der Waals surface area contributed by atoms with E-state index in [0.717, 1.165) is 12.1 Å². The van der Waals surface area contributed by atoms with Gasteiger partial charge in [-0.15, -0.1) is 0 Å². The Bertz CT molecular complexity index is 730. The number of hydrogen-bond acceptors (Lipinski definition) is 3. The molecule has 9 heteroatoms. The van der Waals surface area contributed by atoms with Crippen LogP contribution in [0.5, 0.6) is 0 Å². The summed E-state index contributed by atoms with van der Waals surface area (Å²) in [7, 11) is 0. The number of carbonyl (C=O) groups excluding carboxylic acids is 2. The Kier molecular flexibility index (Phi) is 5.20. The number of hydrogen-bond donors (Lipinski definition) is 1. The smallest absolute Gasteiger partial charge is 0.416 e. The lowest BCUT2D eigenvalue weighted by molar-refractivity contribution is -0.137. The van der Waals surface area contributed by atoms with Gasteiger partial charge in [0.15, 0.2) is 0 Å². The highest BCUT2D eigenvalue weighted by Gasteiger charge is 2.44. The lowest BCUT2D eigenvalue weighted by Crippen LogP contribution is -2.39. The summed E-state index contributed by atoms with van der Waals surface area (Å²) in [6.07, 6.45) is -4.75. The van der Waals surface area contributed by atoms with Gasteiger partial charge in [-0.25, -0.2) is 9.59 Å². The molecule has 1 aromatic rings. The molecule has 0 spiro atoms. The van der Waals surface area contributed by atoms with Gasteiger partial charge >= 0.3 is 18.3 Å². The van der Waals surface area contributed by atoms with E-state index in [1.807, 2.05) is 20.8 Å². The van der Waals surface area contributed by atoms with Crippen LogP contribution in [0.4, 0.5) is 28.4 Å². The van der Waals surface area contributed by atoms with Crippen LogP contribution in [0, 0.1) is 11.8 Å². The van der Waals surface area contributed by atoms with Gasteiger partial charge in [0.1, 0.15) is 5.60 Å². The molecule has 154 valence electrons. The van der Waals surface area contributed by atoms with Gasteiger partial charge in [0.25, 0.3) is 0 Å². The average Bonchev–Trinajstić information content (AvgIpc) is 3.11. The van der Waals surface area contributed by atoms with Gasteiger partial charge in [-0.05, 0) is 45.0 Å². The number of anilines is 1. The number of nitrogens with one attached hydrogen (secondary N) is 1. The fourth-order valence-electron chi connectivity index (χ4n) is 3.58. The zero-order chi connectivity index (χ0) is 20.7. The van der Waals surface area contributed by atoms with Crippen molar-refractivity contribution in [1.29, 1.82) is 0 Å². The minimum atomic E-state index is -4.41. The fourth-order valence-corrected chi connectivity index (χ4v) is 3.58. The van der Waals surface area contributed by atoms with Gasteiger partial charge in [-0.3, -0.25) is 0 Å². The first-order valence-electron chi connectivity index (χ1n) is 9.13. The number of amides is 3. The second-order valence-corrected chi connectivity index (χ2v) is 8.32. The number of ether oxygens (including phenoxy) is 1. The SMILES string of the molecule is CC(C)(C)OC(=O)N1CC2CN(C(=O)Nc3ccc(C(F)(F)F)cc3)C[C@@H]2C1. The minimum absolute atomic E-state index is 0.172. The number of fused-ring (bicyclic) bond motifs is 1. The summed E-state index contributed by atoms with van der Waals surface area (Å²) in [5.74, 6) is 0.344. The van der Waals surface area contributed by atoms with Crippen LogP contribution >= 0.6 is 0 Å². The number of likely N-dealkylation sites (tertiary alicyclic amines) is 2. The molecule has 0 bridgehead atoms. The van der Waals surface area contributed by atoms with Crippen molar-refractivity contribution in [2.45, 2.75) is 32.5 Å². The number of carbonyl (C=O) groups is 2. The number of rotatable bonds is 1. The average molecular weight is 399 g/mol. The highest BCUT2D eigenvalue weighted by atomic mass is 19.4. The third-order valence-corrected chi connectivity index (χ3v) is 4.89. The second-order valence-electron chi connectivity index (χ2n) is 8.32. The molecular formula is C19H24F3N3O3. The second kappa shape index (κ2) is 7.18. The lowest BCUT2D eigenvalue weighted by Gasteiger charge is -2.26. The van der Waals surface area contributed by atoms with E-state index >= 15 is 0 Å². The predicted molar refractivity (Wildman–Crippen MR) is 96.8 cm³/mol. The van der Waals surface area contributed by atoms with E-state index in [0.29, 0.717) is 31.9 Å².